The van der Waals surface area contributed by atoms with Gasteiger partial charge >= 0.3 is 5.97 Å². The zero-order valence-electron chi connectivity index (χ0n) is 15.4. The normalized spacial score (nSPS) is 10.4. The van der Waals surface area contributed by atoms with Gasteiger partial charge in [-0.1, -0.05) is 0 Å². The van der Waals surface area contributed by atoms with E-state index in [0.29, 0.717) is 29.5 Å². The van der Waals surface area contributed by atoms with Gasteiger partial charge in [0.25, 0.3) is 5.91 Å². The summed E-state index contributed by atoms with van der Waals surface area (Å²) in [5.74, 6) is 0.359. The number of amides is 1. The Bertz CT molecular complexity index is 926. The van der Waals surface area contributed by atoms with Crippen molar-refractivity contribution in [3.8, 4) is 11.5 Å². The smallest absolute Gasteiger partial charge is 0.374 e. The Labute approximate surface area is 160 Å². The highest BCUT2D eigenvalue weighted by Crippen LogP contribution is 2.25. The van der Waals surface area contributed by atoms with Crippen LogP contribution in [-0.2, 0) is 16.1 Å². The molecular weight excluding hydrogens is 366 g/mol. The molecule has 3 rings (SSSR count). The lowest BCUT2D eigenvalue weighted by atomic mass is 10.2. The minimum absolute atomic E-state index is 0.0120. The summed E-state index contributed by atoms with van der Waals surface area (Å²) in [6.07, 6.45) is 3.42. The molecule has 0 aliphatic carbocycles. The number of aromatic nitrogens is 2. The standard InChI is InChI=1S/C19H19N3O6/c1-25-15-8-13(9-16(10-15)26-2)21-18(23)12-27-19(24)17-5-4-14(28-17)11-22-7-3-6-20-22/h3-10H,11-12H2,1-2H3,(H,21,23). The predicted octanol–water partition coefficient (Wildman–Crippen LogP) is 2.34. The number of rotatable bonds is 8. The third-order valence-corrected chi connectivity index (χ3v) is 3.71. The molecule has 0 atom stereocenters. The van der Waals surface area contributed by atoms with E-state index in [4.69, 9.17) is 18.6 Å². The number of benzene rings is 1. The van der Waals surface area contributed by atoms with E-state index in [-0.39, 0.29) is 5.76 Å². The van der Waals surface area contributed by atoms with E-state index >= 15 is 0 Å². The first-order valence-corrected chi connectivity index (χ1v) is 8.33. The number of esters is 1. The number of nitrogens with one attached hydrogen (secondary N) is 1. The van der Waals surface area contributed by atoms with Crippen molar-refractivity contribution >= 4 is 17.6 Å². The molecule has 0 bridgehead atoms. The van der Waals surface area contributed by atoms with Crippen LogP contribution in [0.4, 0.5) is 5.69 Å². The molecule has 0 spiro atoms. The number of hydrogen-bond donors (Lipinski definition) is 1. The first kappa shape index (κ1) is 19.0. The van der Waals surface area contributed by atoms with E-state index < -0.39 is 18.5 Å². The molecule has 0 aliphatic heterocycles. The summed E-state index contributed by atoms with van der Waals surface area (Å²) >= 11 is 0. The van der Waals surface area contributed by atoms with Crippen molar-refractivity contribution in [1.82, 2.24) is 9.78 Å². The average Bonchev–Trinajstić information content (AvgIpc) is 3.38. The van der Waals surface area contributed by atoms with Crippen LogP contribution in [0.1, 0.15) is 16.3 Å². The molecule has 2 heterocycles. The maximum atomic E-state index is 12.1. The van der Waals surface area contributed by atoms with Crippen molar-refractivity contribution in [1.29, 1.82) is 0 Å². The lowest BCUT2D eigenvalue weighted by molar-refractivity contribution is -0.119. The van der Waals surface area contributed by atoms with Crippen LogP contribution in [-0.4, -0.2) is 42.5 Å². The van der Waals surface area contributed by atoms with Gasteiger partial charge in [-0.15, -0.1) is 0 Å². The molecule has 0 aliphatic rings. The Morgan fingerprint density at radius 3 is 2.54 bits per heavy atom. The predicted molar refractivity (Wildman–Crippen MR) is 98.5 cm³/mol. The Kier molecular flexibility index (Phi) is 5.95. The molecule has 28 heavy (non-hydrogen) atoms. The van der Waals surface area contributed by atoms with Gasteiger partial charge in [-0.2, -0.15) is 5.10 Å². The average molecular weight is 385 g/mol. The van der Waals surface area contributed by atoms with Gasteiger partial charge in [0.05, 0.1) is 20.8 Å². The van der Waals surface area contributed by atoms with Crippen molar-refractivity contribution < 1.29 is 28.2 Å². The fraction of sp³-hybridized carbons (Fsp3) is 0.211. The van der Waals surface area contributed by atoms with Crippen LogP contribution in [0.5, 0.6) is 11.5 Å². The topological polar surface area (TPSA) is 105 Å². The van der Waals surface area contributed by atoms with E-state index in [1.165, 1.54) is 20.3 Å². The summed E-state index contributed by atoms with van der Waals surface area (Å²) in [7, 11) is 3.01. The first-order chi connectivity index (χ1) is 13.6. The number of carbonyl (C=O) groups is 2. The minimum atomic E-state index is -0.731. The SMILES string of the molecule is COc1cc(NC(=O)COC(=O)c2ccc(Cn3cccn3)o2)cc(OC)c1. The van der Waals surface area contributed by atoms with Crippen LogP contribution in [0.15, 0.2) is 53.2 Å². The molecule has 9 nitrogen and oxygen atoms in total. The van der Waals surface area contributed by atoms with E-state index in [2.05, 4.69) is 10.4 Å². The van der Waals surface area contributed by atoms with E-state index in [1.807, 2.05) is 0 Å². The van der Waals surface area contributed by atoms with Crippen molar-refractivity contribution in [2.24, 2.45) is 0 Å². The van der Waals surface area contributed by atoms with Crippen molar-refractivity contribution in [2.75, 3.05) is 26.1 Å². The summed E-state index contributed by atoms with van der Waals surface area (Å²) in [5, 5.41) is 6.67. The summed E-state index contributed by atoms with van der Waals surface area (Å²) in [6, 6.07) is 9.85. The second kappa shape index (κ2) is 8.76. The monoisotopic (exact) mass is 385 g/mol. The summed E-state index contributed by atoms with van der Waals surface area (Å²) in [4.78, 5) is 24.1. The van der Waals surface area contributed by atoms with Gasteiger partial charge in [0, 0.05) is 36.3 Å². The Hall–Kier alpha value is -3.75. The molecule has 3 aromatic rings. The number of hydrogen-bond acceptors (Lipinski definition) is 7. The maximum absolute atomic E-state index is 12.1. The number of furan rings is 1. The number of ether oxygens (including phenoxy) is 3. The molecular formula is C19H19N3O6. The molecule has 0 fully saturated rings. The van der Waals surface area contributed by atoms with Crippen molar-refractivity contribution in [2.45, 2.75) is 6.54 Å². The number of anilines is 1. The third-order valence-electron chi connectivity index (χ3n) is 3.71. The second-order valence-electron chi connectivity index (χ2n) is 5.70. The minimum Gasteiger partial charge on any atom is -0.497 e. The van der Waals surface area contributed by atoms with Crippen LogP contribution >= 0.6 is 0 Å². The zero-order chi connectivity index (χ0) is 19.9. The first-order valence-electron chi connectivity index (χ1n) is 8.33. The van der Waals surface area contributed by atoms with Gasteiger partial charge in [-0.25, -0.2) is 4.79 Å². The lowest BCUT2D eigenvalue weighted by Gasteiger charge is -2.10. The van der Waals surface area contributed by atoms with E-state index in [0.717, 1.165) is 0 Å². The molecule has 1 amide bonds. The van der Waals surface area contributed by atoms with Gasteiger partial charge in [0.2, 0.25) is 5.76 Å². The Balaban J connectivity index is 1.53. The largest absolute Gasteiger partial charge is 0.497 e. The highest BCUT2D eigenvalue weighted by molar-refractivity contribution is 5.94. The van der Waals surface area contributed by atoms with Gasteiger partial charge < -0.3 is 23.9 Å². The molecule has 1 N–H and O–H groups in total. The maximum Gasteiger partial charge on any atom is 0.374 e. The molecule has 2 aromatic heterocycles. The van der Waals surface area contributed by atoms with Crippen LogP contribution < -0.4 is 14.8 Å². The molecule has 0 radical (unpaired) electrons. The van der Waals surface area contributed by atoms with Gasteiger partial charge in [-0.05, 0) is 18.2 Å². The van der Waals surface area contributed by atoms with E-state index in [1.54, 1.807) is 47.4 Å². The highest BCUT2D eigenvalue weighted by Gasteiger charge is 2.15. The Morgan fingerprint density at radius 2 is 1.89 bits per heavy atom. The summed E-state index contributed by atoms with van der Waals surface area (Å²) in [6.45, 7) is -0.0774. The van der Waals surface area contributed by atoms with Crippen LogP contribution in [0.25, 0.3) is 0 Å². The fourth-order valence-corrected chi connectivity index (χ4v) is 2.41. The van der Waals surface area contributed by atoms with Gasteiger partial charge in [0.15, 0.2) is 6.61 Å². The van der Waals surface area contributed by atoms with Crippen LogP contribution in [0.2, 0.25) is 0 Å². The molecule has 146 valence electrons. The fourth-order valence-electron chi connectivity index (χ4n) is 2.41. The molecule has 9 heteroatoms. The van der Waals surface area contributed by atoms with Crippen molar-refractivity contribution in [3.63, 3.8) is 0 Å². The van der Waals surface area contributed by atoms with Gasteiger partial charge in [0.1, 0.15) is 17.3 Å². The second-order valence-corrected chi connectivity index (χ2v) is 5.70. The highest BCUT2D eigenvalue weighted by atomic mass is 16.5. The lowest BCUT2D eigenvalue weighted by Crippen LogP contribution is -2.20. The molecule has 0 saturated heterocycles. The quantitative estimate of drug-likeness (QED) is 0.593. The van der Waals surface area contributed by atoms with E-state index in [9.17, 15) is 9.59 Å². The summed E-state index contributed by atoms with van der Waals surface area (Å²) < 4.78 is 22.4. The Morgan fingerprint density at radius 1 is 1.14 bits per heavy atom. The van der Waals surface area contributed by atoms with Crippen LogP contribution in [0.3, 0.4) is 0 Å². The zero-order valence-corrected chi connectivity index (χ0v) is 15.4. The number of methoxy groups -OCH3 is 2. The molecule has 0 unspecified atom stereocenters. The number of carbonyl (C=O) groups excluding carboxylic acids is 2. The van der Waals surface area contributed by atoms with Gasteiger partial charge in [-0.3, -0.25) is 9.48 Å². The number of nitrogens with zero attached hydrogens (tertiary/aromatic N) is 2. The molecule has 0 saturated carbocycles. The molecule has 1 aromatic carbocycles. The van der Waals surface area contributed by atoms with Crippen LogP contribution in [0, 0.1) is 0 Å². The summed E-state index contributed by atoms with van der Waals surface area (Å²) in [5.41, 5.74) is 0.455. The third kappa shape index (κ3) is 4.91. The van der Waals surface area contributed by atoms with Crippen molar-refractivity contribution in [3.05, 3.63) is 60.3 Å².